The van der Waals surface area contributed by atoms with Gasteiger partial charge in [-0.3, -0.25) is 4.79 Å². The lowest BCUT2D eigenvalue weighted by atomic mass is 9.68. The minimum absolute atomic E-state index is 0.228. The molecule has 0 amide bonds. The average Bonchev–Trinajstić information content (AvgIpc) is 2.89. The van der Waals surface area contributed by atoms with Crippen LogP contribution in [0.3, 0.4) is 0 Å². The molecule has 1 aliphatic carbocycles. The summed E-state index contributed by atoms with van der Waals surface area (Å²) in [6.45, 7) is 3.65. The molecule has 0 N–H and O–H groups in total. The van der Waals surface area contributed by atoms with Crippen LogP contribution in [0.4, 0.5) is 0 Å². The molecule has 1 saturated carbocycles. The first-order valence-electron chi connectivity index (χ1n) is 7.35. The third-order valence-electron chi connectivity index (χ3n) is 4.31. The van der Waals surface area contributed by atoms with Crippen LogP contribution < -0.4 is 0 Å². The highest BCUT2D eigenvalue weighted by molar-refractivity contribution is 5.83. The molecule has 1 aromatic rings. The van der Waals surface area contributed by atoms with Crippen LogP contribution in [0.5, 0.6) is 0 Å². The zero-order valence-corrected chi connectivity index (χ0v) is 11.8. The summed E-state index contributed by atoms with van der Waals surface area (Å²) >= 11 is 0. The predicted molar refractivity (Wildman–Crippen MR) is 69.3 cm³/mol. The minimum atomic E-state index is -0.688. The van der Waals surface area contributed by atoms with Crippen LogP contribution in [0.2, 0.25) is 0 Å². The van der Waals surface area contributed by atoms with Crippen LogP contribution in [-0.2, 0) is 19.7 Å². The molecule has 0 unspecified atom stereocenters. The molecule has 2 heterocycles. The second-order valence-electron chi connectivity index (χ2n) is 5.50. The fraction of sp³-hybridized carbons (Fsp3) is 0.786. The van der Waals surface area contributed by atoms with E-state index in [1.54, 1.807) is 0 Å². The molecule has 1 aliphatic heterocycles. The molecule has 3 rings (SSSR count). The van der Waals surface area contributed by atoms with Crippen LogP contribution in [0.1, 0.15) is 56.7 Å². The molecule has 0 radical (unpaired) electrons. The number of nitrogens with zero attached hydrogens (tertiary/aromatic N) is 2. The molecule has 0 bridgehead atoms. The minimum Gasteiger partial charge on any atom is -0.465 e. The van der Waals surface area contributed by atoms with Gasteiger partial charge < -0.3 is 14.0 Å². The van der Waals surface area contributed by atoms with Gasteiger partial charge in [-0.1, -0.05) is 11.6 Å². The van der Waals surface area contributed by atoms with Crippen LogP contribution in [-0.4, -0.2) is 35.9 Å². The van der Waals surface area contributed by atoms with Gasteiger partial charge in [0, 0.05) is 19.1 Å². The summed E-state index contributed by atoms with van der Waals surface area (Å²) < 4.78 is 15.9. The molecule has 2 fully saturated rings. The normalized spacial score (nSPS) is 22.2. The van der Waals surface area contributed by atoms with Gasteiger partial charge in [0.25, 0.3) is 0 Å². The van der Waals surface area contributed by atoms with Crippen molar-refractivity contribution in [3.05, 3.63) is 11.7 Å². The van der Waals surface area contributed by atoms with E-state index in [0.29, 0.717) is 18.3 Å². The van der Waals surface area contributed by atoms with Gasteiger partial charge in [0.2, 0.25) is 5.89 Å². The fourth-order valence-electron chi connectivity index (χ4n) is 2.86. The Labute approximate surface area is 117 Å². The molecule has 2 aliphatic rings. The molecular formula is C14H20N2O4. The van der Waals surface area contributed by atoms with Crippen molar-refractivity contribution in [1.82, 2.24) is 10.1 Å². The topological polar surface area (TPSA) is 74.5 Å². The SMILES string of the molecule is CCOC(=O)C1(c2nc(C3CCOCC3)no2)CCC1. The number of carbonyl (C=O) groups excluding carboxylic acids is 1. The van der Waals surface area contributed by atoms with E-state index >= 15 is 0 Å². The highest BCUT2D eigenvalue weighted by Crippen LogP contribution is 2.44. The Morgan fingerprint density at radius 3 is 2.75 bits per heavy atom. The summed E-state index contributed by atoms with van der Waals surface area (Å²) in [5, 5.41) is 4.08. The fourth-order valence-corrected chi connectivity index (χ4v) is 2.86. The second kappa shape index (κ2) is 5.52. The zero-order chi connectivity index (χ0) is 14.0. The van der Waals surface area contributed by atoms with Gasteiger partial charge in [-0.2, -0.15) is 4.98 Å². The first-order valence-corrected chi connectivity index (χ1v) is 7.35. The Morgan fingerprint density at radius 1 is 1.40 bits per heavy atom. The molecule has 1 saturated heterocycles. The van der Waals surface area contributed by atoms with Crippen molar-refractivity contribution < 1.29 is 18.8 Å². The number of carbonyl (C=O) groups is 1. The van der Waals surface area contributed by atoms with Gasteiger partial charge in [-0.25, -0.2) is 0 Å². The zero-order valence-electron chi connectivity index (χ0n) is 11.8. The van der Waals surface area contributed by atoms with Crippen LogP contribution in [0, 0.1) is 0 Å². The summed E-state index contributed by atoms with van der Waals surface area (Å²) in [6.07, 6.45) is 4.28. The molecule has 0 atom stereocenters. The van der Waals surface area contributed by atoms with Crippen LogP contribution in [0.25, 0.3) is 0 Å². The standard InChI is InChI=1S/C14H20N2O4/c1-2-19-13(17)14(6-3-7-14)12-15-11(16-20-12)10-4-8-18-9-5-10/h10H,2-9H2,1H3. The second-order valence-corrected chi connectivity index (χ2v) is 5.50. The van der Waals surface area contributed by atoms with E-state index in [1.807, 2.05) is 6.92 Å². The van der Waals surface area contributed by atoms with Crippen molar-refractivity contribution in [3.8, 4) is 0 Å². The summed E-state index contributed by atoms with van der Waals surface area (Å²) in [7, 11) is 0. The predicted octanol–water partition coefficient (Wildman–Crippen LogP) is 1.95. The molecular weight excluding hydrogens is 260 g/mol. The van der Waals surface area contributed by atoms with E-state index in [2.05, 4.69) is 10.1 Å². The van der Waals surface area contributed by atoms with Gasteiger partial charge in [-0.05, 0) is 32.6 Å². The van der Waals surface area contributed by atoms with E-state index in [9.17, 15) is 4.79 Å². The maximum absolute atomic E-state index is 12.2. The van der Waals surface area contributed by atoms with Crippen molar-refractivity contribution in [2.75, 3.05) is 19.8 Å². The van der Waals surface area contributed by atoms with Gasteiger partial charge in [0.05, 0.1) is 6.61 Å². The quantitative estimate of drug-likeness (QED) is 0.785. The number of rotatable bonds is 4. The molecule has 6 heteroatoms. The van der Waals surface area contributed by atoms with E-state index in [-0.39, 0.29) is 11.9 Å². The van der Waals surface area contributed by atoms with E-state index in [0.717, 1.165) is 45.3 Å². The van der Waals surface area contributed by atoms with Crippen molar-refractivity contribution >= 4 is 5.97 Å². The summed E-state index contributed by atoms with van der Waals surface area (Å²) in [4.78, 5) is 16.7. The molecule has 0 aromatic carbocycles. The Hall–Kier alpha value is -1.43. The monoisotopic (exact) mass is 280 g/mol. The summed E-state index contributed by atoms with van der Waals surface area (Å²) in [6, 6.07) is 0. The Kier molecular flexibility index (Phi) is 3.74. The van der Waals surface area contributed by atoms with E-state index in [1.165, 1.54) is 0 Å². The van der Waals surface area contributed by atoms with Gasteiger partial charge in [0.15, 0.2) is 5.82 Å². The van der Waals surface area contributed by atoms with Gasteiger partial charge in [-0.15, -0.1) is 0 Å². The third-order valence-corrected chi connectivity index (χ3v) is 4.31. The maximum Gasteiger partial charge on any atom is 0.321 e. The molecule has 6 nitrogen and oxygen atoms in total. The Balaban J connectivity index is 1.79. The molecule has 1 aromatic heterocycles. The summed E-state index contributed by atoms with van der Waals surface area (Å²) in [5.74, 6) is 1.19. The summed E-state index contributed by atoms with van der Waals surface area (Å²) in [5.41, 5.74) is -0.688. The highest BCUT2D eigenvalue weighted by Gasteiger charge is 2.52. The number of esters is 1. The highest BCUT2D eigenvalue weighted by atomic mass is 16.5. The first-order chi connectivity index (χ1) is 9.76. The van der Waals surface area contributed by atoms with E-state index < -0.39 is 5.41 Å². The maximum atomic E-state index is 12.2. The smallest absolute Gasteiger partial charge is 0.321 e. The Morgan fingerprint density at radius 2 is 2.15 bits per heavy atom. The lowest BCUT2D eigenvalue weighted by Gasteiger charge is -2.35. The largest absolute Gasteiger partial charge is 0.465 e. The molecule has 20 heavy (non-hydrogen) atoms. The lowest BCUT2D eigenvalue weighted by molar-refractivity contribution is -0.155. The number of aromatic nitrogens is 2. The van der Waals surface area contributed by atoms with E-state index in [4.69, 9.17) is 14.0 Å². The third kappa shape index (κ3) is 2.22. The molecule has 0 spiro atoms. The lowest BCUT2D eigenvalue weighted by Crippen LogP contribution is -2.44. The Bertz CT molecular complexity index is 475. The average molecular weight is 280 g/mol. The number of hydrogen-bond donors (Lipinski definition) is 0. The van der Waals surface area contributed by atoms with Crippen molar-refractivity contribution in [2.45, 2.75) is 50.4 Å². The van der Waals surface area contributed by atoms with Crippen LogP contribution in [0.15, 0.2) is 4.52 Å². The van der Waals surface area contributed by atoms with Crippen molar-refractivity contribution in [2.24, 2.45) is 0 Å². The molecule has 110 valence electrons. The number of hydrogen-bond acceptors (Lipinski definition) is 6. The van der Waals surface area contributed by atoms with Crippen LogP contribution >= 0.6 is 0 Å². The van der Waals surface area contributed by atoms with Gasteiger partial charge in [0.1, 0.15) is 5.41 Å². The first kappa shape index (κ1) is 13.5. The van der Waals surface area contributed by atoms with Crippen molar-refractivity contribution in [1.29, 1.82) is 0 Å². The van der Waals surface area contributed by atoms with Gasteiger partial charge >= 0.3 is 5.97 Å². The number of ether oxygens (including phenoxy) is 2. The van der Waals surface area contributed by atoms with Crippen molar-refractivity contribution in [3.63, 3.8) is 0 Å².